The van der Waals surface area contributed by atoms with Crippen LogP contribution in [0.1, 0.15) is 5.56 Å². The number of thiophene rings is 1. The number of fused-ring (bicyclic) bond motifs is 1. The van der Waals surface area contributed by atoms with Crippen molar-refractivity contribution < 1.29 is 4.39 Å². The molecule has 0 aliphatic heterocycles. The van der Waals surface area contributed by atoms with Gasteiger partial charge in [-0.05, 0) is 30.2 Å². The minimum Gasteiger partial charge on any atom is -0.298 e. The van der Waals surface area contributed by atoms with Crippen LogP contribution in [0.5, 0.6) is 0 Å². The van der Waals surface area contributed by atoms with Crippen molar-refractivity contribution in [1.29, 1.82) is 0 Å². The molecule has 3 aromatic rings. The molecule has 0 atom stereocenters. The third-order valence-electron chi connectivity index (χ3n) is 3.49. The van der Waals surface area contributed by atoms with Gasteiger partial charge in [0.05, 0.1) is 11.9 Å². The summed E-state index contributed by atoms with van der Waals surface area (Å²) in [6.45, 7) is 0.858. The molecule has 7 heteroatoms. The van der Waals surface area contributed by atoms with Crippen molar-refractivity contribution in [3.05, 3.63) is 55.0 Å². The summed E-state index contributed by atoms with van der Waals surface area (Å²) >= 11 is 7.30. The van der Waals surface area contributed by atoms with Crippen LogP contribution >= 0.6 is 22.9 Å². The number of aromatic amines is 1. The monoisotopic (exact) mass is 338 g/mol. The van der Waals surface area contributed by atoms with E-state index in [9.17, 15) is 14.0 Å². The number of hydrogen-bond acceptors (Lipinski definition) is 3. The molecular formula is C15H12ClFN2O2S. The second-order valence-electron chi connectivity index (χ2n) is 4.89. The lowest BCUT2D eigenvalue weighted by Crippen LogP contribution is -2.35. The minimum absolute atomic E-state index is 0.251. The number of aryl methyl sites for hydroxylation is 1. The van der Waals surface area contributed by atoms with Gasteiger partial charge in [-0.1, -0.05) is 17.7 Å². The van der Waals surface area contributed by atoms with Crippen LogP contribution in [-0.2, 0) is 6.54 Å². The maximum Gasteiger partial charge on any atom is 0.329 e. The van der Waals surface area contributed by atoms with Crippen LogP contribution < -0.4 is 11.2 Å². The minimum atomic E-state index is -0.770. The molecule has 0 amide bonds. The molecule has 0 radical (unpaired) electrons. The van der Waals surface area contributed by atoms with Gasteiger partial charge in [-0.3, -0.25) is 14.3 Å². The summed E-state index contributed by atoms with van der Waals surface area (Å²) in [4.78, 5) is 27.4. The largest absolute Gasteiger partial charge is 0.329 e. The van der Waals surface area contributed by atoms with Crippen molar-refractivity contribution in [1.82, 2.24) is 9.55 Å². The Balaban J connectivity index is 2.31. The summed E-state index contributed by atoms with van der Waals surface area (Å²) in [5.74, 6) is 0. The van der Waals surface area contributed by atoms with E-state index in [2.05, 4.69) is 4.98 Å². The fourth-order valence-corrected chi connectivity index (χ4v) is 3.43. The molecule has 0 spiro atoms. The van der Waals surface area contributed by atoms with Gasteiger partial charge in [0.2, 0.25) is 0 Å². The fourth-order valence-electron chi connectivity index (χ4n) is 2.37. The zero-order valence-corrected chi connectivity index (χ0v) is 13.2. The number of benzene rings is 1. The number of H-pyrrole nitrogens is 1. The fraction of sp³-hybridized carbons (Fsp3) is 0.200. The lowest BCUT2D eigenvalue weighted by Gasteiger charge is -2.05. The summed E-state index contributed by atoms with van der Waals surface area (Å²) in [5.41, 5.74) is 1.39. The molecule has 1 N–H and O–H groups in total. The van der Waals surface area contributed by atoms with Crippen LogP contribution in [0.2, 0.25) is 5.02 Å². The van der Waals surface area contributed by atoms with E-state index >= 15 is 0 Å². The Bertz CT molecular complexity index is 974. The average Bonchev–Trinajstić information content (AvgIpc) is 2.90. The highest BCUT2D eigenvalue weighted by Crippen LogP contribution is 2.32. The number of alkyl halides is 1. The summed E-state index contributed by atoms with van der Waals surface area (Å²) < 4.78 is 13.5. The van der Waals surface area contributed by atoms with Crippen molar-refractivity contribution in [2.24, 2.45) is 0 Å². The van der Waals surface area contributed by atoms with E-state index in [1.165, 1.54) is 11.3 Å². The first kappa shape index (κ1) is 15.0. The van der Waals surface area contributed by atoms with Gasteiger partial charge < -0.3 is 0 Å². The molecule has 0 aliphatic carbocycles. The summed E-state index contributed by atoms with van der Waals surface area (Å²) in [6, 6.07) is 5.47. The van der Waals surface area contributed by atoms with Gasteiger partial charge >= 0.3 is 5.69 Å². The van der Waals surface area contributed by atoms with Gasteiger partial charge in [0.1, 0.15) is 11.5 Å². The summed E-state index contributed by atoms with van der Waals surface area (Å²) in [6.07, 6.45) is 0. The Kier molecular flexibility index (Phi) is 3.88. The summed E-state index contributed by atoms with van der Waals surface area (Å²) in [7, 11) is 0. The third kappa shape index (κ3) is 2.38. The van der Waals surface area contributed by atoms with Crippen molar-refractivity contribution in [2.45, 2.75) is 13.5 Å². The molecule has 0 unspecified atom stereocenters. The zero-order chi connectivity index (χ0) is 15.9. The van der Waals surface area contributed by atoms with Gasteiger partial charge in [-0.15, -0.1) is 11.3 Å². The molecule has 4 nitrogen and oxygen atoms in total. The topological polar surface area (TPSA) is 54.9 Å². The standard InChI is InChI=1S/C15H12ClFN2O2S/c1-8-6-9(2-3-11(8)16)10-7-22-13-12(10)14(20)19(5-4-17)15(21)18-13/h2-3,6-7H,4-5H2,1H3,(H,18,21). The van der Waals surface area contributed by atoms with Crippen molar-refractivity contribution >= 4 is 33.2 Å². The van der Waals surface area contributed by atoms with Gasteiger partial charge in [0.15, 0.2) is 0 Å². The molecule has 0 saturated heterocycles. The maximum absolute atomic E-state index is 12.6. The van der Waals surface area contributed by atoms with Gasteiger partial charge in [-0.25, -0.2) is 9.18 Å². The van der Waals surface area contributed by atoms with E-state index in [4.69, 9.17) is 11.6 Å². The van der Waals surface area contributed by atoms with E-state index < -0.39 is 17.9 Å². The number of nitrogens with one attached hydrogen (secondary N) is 1. The van der Waals surface area contributed by atoms with Gasteiger partial charge in [-0.2, -0.15) is 0 Å². The van der Waals surface area contributed by atoms with Crippen LogP contribution in [0.3, 0.4) is 0 Å². The maximum atomic E-state index is 12.6. The van der Waals surface area contributed by atoms with Crippen LogP contribution in [0, 0.1) is 6.92 Å². The van der Waals surface area contributed by atoms with Gasteiger partial charge in [0, 0.05) is 16.0 Å². The van der Waals surface area contributed by atoms with Crippen molar-refractivity contribution in [3.63, 3.8) is 0 Å². The molecule has 0 bridgehead atoms. The Morgan fingerprint density at radius 2 is 2.14 bits per heavy atom. The zero-order valence-electron chi connectivity index (χ0n) is 11.7. The smallest absolute Gasteiger partial charge is 0.298 e. The number of hydrogen-bond donors (Lipinski definition) is 1. The molecule has 0 saturated carbocycles. The second kappa shape index (κ2) is 5.70. The number of rotatable bonds is 3. The Labute approximate surface area is 133 Å². The van der Waals surface area contributed by atoms with Gasteiger partial charge in [0.25, 0.3) is 5.56 Å². The lowest BCUT2D eigenvalue weighted by molar-refractivity contribution is 0.434. The molecule has 22 heavy (non-hydrogen) atoms. The lowest BCUT2D eigenvalue weighted by atomic mass is 10.0. The number of nitrogens with zero attached hydrogens (tertiary/aromatic N) is 1. The highest BCUT2D eigenvalue weighted by Gasteiger charge is 2.15. The first-order valence-corrected chi connectivity index (χ1v) is 7.85. The van der Waals surface area contributed by atoms with E-state index in [-0.39, 0.29) is 6.54 Å². The predicted octanol–water partition coefficient (Wildman–Crippen LogP) is 3.35. The SMILES string of the molecule is Cc1cc(-c2csc3[nH]c(=O)n(CCF)c(=O)c23)ccc1Cl. The number of aromatic nitrogens is 2. The molecule has 0 fully saturated rings. The Morgan fingerprint density at radius 1 is 1.36 bits per heavy atom. The van der Waals surface area contributed by atoms with Crippen molar-refractivity contribution in [2.75, 3.05) is 6.67 Å². The second-order valence-corrected chi connectivity index (χ2v) is 6.18. The molecule has 114 valence electrons. The van der Waals surface area contributed by atoms with Crippen LogP contribution in [0.15, 0.2) is 33.2 Å². The van der Waals surface area contributed by atoms with E-state index in [0.717, 1.165) is 15.7 Å². The Hall–Kier alpha value is -1.92. The highest BCUT2D eigenvalue weighted by molar-refractivity contribution is 7.17. The van der Waals surface area contributed by atoms with E-state index in [1.807, 2.05) is 24.4 Å². The first-order chi connectivity index (χ1) is 10.5. The van der Waals surface area contributed by atoms with Crippen LogP contribution in [0.4, 0.5) is 4.39 Å². The Morgan fingerprint density at radius 3 is 2.82 bits per heavy atom. The highest BCUT2D eigenvalue weighted by atomic mass is 35.5. The van der Waals surface area contributed by atoms with E-state index in [0.29, 0.717) is 20.8 Å². The van der Waals surface area contributed by atoms with Crippen LogP contribution in [-0.4, -0.2) is 16.2 Å². The van der Waals surface area contributed by atoms with E-state index in [1.54, 1.807) is 6.07 Å². The molecule has 2 heterocycles. The molecule has 1 aromatic carbocycles. The first-order valence-electron chi connectivity index (χ1n) is 6.59. The summed E-state index contributed by atoms with van der Waals surface area (Å²) in [5, 5.41) is 2.86. The molecule has 2 aromatic heterocycles. The quantitative estimate of drug-likeness (QED) is 0.796. The normalized spacial score (nSPS) is 11.2. The number of halogens is 2. The molecule has 0 aliphatic rings. The molecule has 3 rings (SSSR count). The molecular weight excluding hydrogens is 327 g/mol. The average molecular weight is 339 g/mol. The van der Waals surface area contributed by atoms with Crippen molar-refractivity contribution in [3.8, 4) is 11.1 Å². The van der Waals surface area contributed by atoms with Crippen LogP contribution in [0.25, 0.3) is 21.3 Å². The predicted molar refractivity (Wildman–Crippen MR) is 87.9 cm³/mol. The third-order valence-corrected chi connectivity index (χ3v) is 4.81.